The van der Waals surface area contributed by atoms with Crippen LogP contribution in [0.15, 0.2) is 36.4 Å². The zero-order valence-electron chi connectivity index (χ0n) is 13.0. The molecule has 3 heteroatoms. The Kier molecular flexibility index (Phi) is 4.97. The molecule has 0 amide bonds. The molecule has 2 aromatic rings. The van der Waals surface area contributed by atoms with Gasteiger partial charge >= 0.3 is 0 Å². The first-order valence-electron chi connectivity index (χ1n) is 7.20. The first-order valence-corrected chi connectivity index (χ1v) is 7.20. The summed E-state index contributed by atoms with van der Waals surface area (Å²) in [5.74, 6) is 0.665. The Morgan fingerprint density at radius 1 is 1.14 bits per heavy atom. The Morgan fingerprint density at radius 3 is 2.52 bits per heavy atom. The van der Waals surface area contributed by atoms with Crippen LogP contribution in [0.2, 0.25) is 0 Å². The molecule has 1 N–H and O–H groups in total. The summed E-state index contributed by atoms with van der Waals surface area (Å²) in [6.07, 6.45) is 0. The van der Waals surface area contributed by atoms with Crippen molar-refractivity contribution in [2.45, 2.75) is 26.8 Å². The molecule has 0 heterocycles. The number of hydrogen-bond donors (Lipinski definition) is 1. The van der Waals surface area contributed by atoms with Crippen molar-refractivity contribution in [3.8, 4) is 5.75 Å². The molecule has 0 radical (unpaired) electrons. The summed E-state index contributed by atoms with van der Waals surface area (Å²) in [5, 5.41) is 3.37. The van der Waals surface area contributed by atoms with Gasteiger partial charge in [0.15, 0.2) is 0 Å². The summed E-state index contributed by atoms with van der Waals surface area (Å²) in [6, 6.07) is 11.0. The molecule has 0 aliphatic heterocycles. The van der Waals surface area contributed by atoms with Crippen molar-refractivity contribution in [1.82, 2.24) is 5.32 Å². The number of rotatable bonds is 5. The van der Waals surface area contributed by atoms with Crippen molar-refractivity contribution < 1.29 is 9.13 Å². The van der Waals surface area contributed by atoms with Crippen LogP contribution in [-0.2, 0) is 0 Å². The lowest BCUT2D eigenvalue weighted by Gasteiger charge is -2.21. The van der Waals surface area contributed by atoms with Gasteiger partial charge in [-0.05, 0) is 43.7 Å². The molecule has 0 saturated carbocycles. The highest BCUT2D eigenvalue weighted by Crippen LogP contribution is 2.28. The van der Waals surface area contributed by atoms with Gasteiger partial charge in [0.2, 0.25) is 0 Å². The molecule has 0 bridgehead atoms. The van der Waals surface area contributed by atoms with E-state index in [9.17, 15) is 4.39 Å². The van der Waals surface area contributed by atoms with Gasteiger partial charge in [0, 0.05) is 5.56 Å². The molecule has 0 aromatic heterocycles. The number of methoxy groups -OCH3 is 1. The average molecular weight is 287 g/mol. The molecule has 112 valence electrons. The summed E-state index contributed by atoms with van der Waals surface area (Å²) in [6.45, 7) is 6.77. The van der Waals surface area contributed by atoms with E-state index in [0.29, 0.717) is 5.56 Å². The van der Waals surface area contributed by atoms with Crippen LogP contribution in [0.3, 0.4) is 0 Å². The van der Waals surface area contributed by atoms with Gasteiger partial charge in [0.25, 0.3) is 0 Å². The van der Waals surface area contributed by atoms with Gasteiger partial charge in [-0.1, -0.05) is 36.8 Å². The van der Waals surface area contributed by atoms with Gasteiger partial charge < -0.3 is 10.1 Å². The lowest BCUT2D eigenvalue weighted by Crippen LogP contribution is -2.23. The third kappa shape index (κ3) is 3.42. The van der Waals surface area contributed by atoms with Crippen LogP contribution in [0.5, 0.6) is 5.75 Å². The normalized spacial score (nSPS) is 12.2. The number of nitrogens with one attached hydrogen (secondary N) is 1. The lowest BCUT2D eigenvalue weighted by molar-refractivity contribution is 0.411. The van der Waals surface area contributed by atoms with E-state index in [0.717, 1.165) is 29.0 Å². The van der Waals surface area contributed by atoms with Crippen molar-refractivity contribution in [2.75, 3.05) is 13.7 Å². The monoisotopic (exact) mass is 287 g/mol. The van der Waals surface area contributed by atoms with Crippen molar-refractivity contribution in [2.24, 2.45) is 0 Å². The van der Waals surface area contributed by atoms with E-state index in [-0.39, 0.29) is 11.9 Å². The number of halogens is 1. The molecule has 0 fully saturated rings. The van der Waals surface area contributed by atoms with Gasteiger partial charge in [-0.3, -0.25) is 0 Å². The number of hydrogen-bond acceptors (Lipinski definition) is 2. The maximum Gasteiger partial charge on any atom is 0.128 e. The smallest absolute Gasteiger partial charge is 0.128 e. The van der Waals surface area contributed by atoms with Gasteiger partial charge in [-0.15, -0.1) is 0 Å². The van der Waals surface area contributed by atoms with Crippen LogP contribution >= 0.6 is 0 Å². The van der Waals surface area contributed by atoms with Gasteiger partial charge in [-0.2, -0.15) is 0 Å². The molecule has 0 aliphatic carbocycles. The second-order valence-corrected chi connectivity index (χ2v) is 5.24. The van der Waals surface area contributed by atoms with Gasteiger partial charge in [-0.25, -0.2) is 4.39 Å². The quantitative estimate of drug-likeness (QED) is 0.892. The van der Waals surface area contributed by atoms with E-state index in [4.69, 9.17) is 4.74 Å². The second-order valence-electron chi connectivity index (χ2n) is 5.24. The van der Waals surface area contributed by atoms with Crippen LogP contribution < -0.4 is 10.1 Å². The summed E-state index contributed by atoms with van der Waals surface area (Å²) < 4.78 is 19.5. The molecule has 21 heavy (non-hydrogen) atoms. The van der Waals surface area contributed by atoms with E-state index in [1.807, 2.05) is 45.0 Å². The maximum absolute atomic E-state index is 14.2. The topological polar surface area (TPSA) is 21.3 Å². The van der Waals surface area contributed by atoms with Crippen LogP contribution in [-0.4, -0.2) is 13.7 Å². The van der Waals surface area contributed by atoms with Crippen LogP contribution in [0.25, 0.3) is 0 Å². The van der Waals surface area contributed by atoms with Gasteiger partial charge in [0.1, 0.15) is 11.6 Å². The standard InChI is InChI=1S/C18H22FNO/c1-5-20-18(15-10-12(2)6-8-16(15)19)14-7-9-17(21-4)13(3)11-14/h6-11,18,20H,5H2,1-4H3. The Labute approximate surface area is 126 Å². The maximum atomic E-state index is 14.2. The summed E-state index contributed by atoms with van der Waals surface area (Å²) in [4.78, 5) is 0. The SMILES string of the molecule is CCNC(c1ccc(OC)c(C)c1)c1cc(C)ccc1F. The Morgan fingerprint density at radius 2 is 1.90 bits per heavy atom. The first-order chi connectivity index (χ1) is 10.1. The summed E-state index contributed by atoms with van der Waals surface area (Å²) >= 11 is 0. The van der Waals surface area contributed by atoms with Crippen LogP contribution in [0.4, 0.5) is 4.39 Å². The molecular formula is C18H22FNO. The second kappa shape index (κ2) is 6.72. The molecule has 2 nitrogen and oxygen atoms in total. The van der Waals surface area contributed by atoms with E-state index in [2.05, 4.69) is 5.32 Å². The van der Waals surface area contributed by atoms with E-state index >= 15 is 0 Å². The van der Waals surface area contributed by atoms with Crippen molar-refractivity contribution in [3.05, 3.63) is 64.5 Å². The molecule has 0 spiro atoms. The molecular weight excluding hydrogens is 265 g/mol. The average Bonchev–Trinajstić information content (AvgIpc) is 2.47. The Hall–Kier alpha value is -1.87. The van der Waals surface area contributed by atoms with Crippen LogP contribution in [0, 0.1) is 19.7 Å². The number of benzene rings is 2. The minimum Gasteiger partial charge on any atom is -0.496 e. The molecule has 1 atom stereocenters. The van der Waals surface area contributed by atoms with Crippen molar-refractivity contribution in [1.29, 1.82) is 0 Å². The first kappa shape index (κ1) is 15.5. The summed E-state index contributed by atoms with van der Waals surface area (Å²) in [5.41, 5.74) is 3.83. The Balaban J connectivity index is 2.48. The number of aryl methyl sites for hydroxylation is 2. The Bertz CT molecular complexity index is 625. The molecule has 2 rings (SSSR count). The van der Waals surface area contributed by atoms with E-state index < -0.39 is 0 Å². The van der Waals surface area contributed by atoms with Crippen LogP contribution in [0.1, 0.15) is 35.2 Å². The predicted octanol–water partition coefficient (Wildman–Crippen LogP) is 4.15. The molecule has 0 aliphatic rings. The number of ether oxygens (including phenoxy) is 1. The van der Waals surface area contributed by atoms with E-state index in [1.54, 1.807) is 13.2 Å². The summed E-state index contributed by atoms with van der Waals surface area (Å²) in [7, 11) is 1.66. The molecule has 0 saturated heterocycles. The van der Waals surface area contributed by atoms with E-state index in [1.165, 1.54) is 6.07 Å². The largest absolute Gasteiger partial charge is 0.496 e. The minimum atomic E-state index is -0.181. The zero-order chi connectivity index (χ0) is 15.4. The highest BCUT2D eigenvalue weighted by Gasteiger charge is 2.18. The highest BCUT2D eigenvalue weighted by molar-refractivity contribution is 5.41. The third-order valence-electron chi connectivity index (χ3n) is 3.62. The fourth-order valence-corrected chi connectivity index (χ4v) is 2.58. The predicted molar refractivity (Wildman–Crippen MR) is 84.4 cm³/mol. The fourth-order valence-electron chi connectivity index (χ4n) is 2.58. The fraction of sp³-hybridized carbons (Fsp3) is 0.333. The van der Waals surface area contributed by atoms with Crippen molar-refractivity contribution >= 4 is 0 Å². The molecule has 1 unspecified atom stereocenters. The lowest BCUT2D eigenvalue weighted by atomic mass is 9.95. The molecule has 2 aromatic carbocycles. The van der Waals surface area contributed by atoms with Crippen molar-refractivity contribution in [3.63, 3.8) is 0 Å². The van der Waals surface area contributed by atoms with Gasteiger partial charge in [0.05, 0.1) is 13.2 Å². The zero-order valence-corrected chi connectivity index (χ0v) is 13.0. The highest BCUT2D eigenvalue weighted by atomic mass is 19.1. The third-order valence-corrected chi connectivity index (χ3v) is 3.62. The minimum absolute atomic E-state index is 0.153.